The van der Waals surface area contributed by atoms with Crippen molar-refractivity contribution in [1.29, 1.82) is 0 Å². The second-order valence-electron chi connectivity index (χ2n) is 8.00. The van der Waals surface area contributed by atoms with Crippen LogP contribution in [-0.2, 0) is 6.42 Å². The zero-order valence-electron chi connectivity index (χ0n) is 17.6. The number of furan rings is 1. The highest BCUT2D eigenvalue weighted by Gasteiger charge is 2.29. The van der Waals surface area contributed by atoms with E-state index in [0.29, 0.717) is 36.0 Å². The summed E-state index contributed by atoms with van der Waals surface area (Å²) in [4.78, 5) is 31.1. The molecule has 2 aromatic carbocycles. The van der Waals surface area contributed by atoms with Crippen LogP contribution in [0.5, 0.6) is 0 Å². The molecule has 0 spiro atoms. The number of para-hydroxylation sites is 1. The minimum absolute atomic E-state index is 0.0237. The summed E-state index contributed by atoms with van der Waals surface area (Å²) in [5.74, 6) is 1.56. The molecule has 7 heteroatoms. The highest BCUT2D eigenvalue weighted by Crippen LogP contribution is 2.33. The van der Waals surface area contributed by atoms with Crippen molar-refractivity contribution in [2.24, 2.45) is 0 Å². The van der Waals surface area contributed by atoms with Crippen LogP contribution in [0.2, 0.25) is 0 Å². The molecule has 160 valence electrons. The lowest BCUT2D eigenvalue weighted by Gasteiger charge is -2.21. The Labute approximate surface area is 189 Å². The van der Waals surface area contributed by atoms with Gasteiger partial charge in [-0.2, -0.15) is 0 Å². The van der Waals surface area contributed by atoms with Crippen LogP contribution < -0.4 is 5.32 Å². The lowest BCUT2D eigenvalue weighted by molar-refractivity contribution is 0.0958. The van der Waals surface area contributed by atoms with Gasteiger partial charge in [-0.1, -0.05) is 48.5 Å². The predicted octanol–water partition coefficient (Wildman–Crippen LogP) is 5.34. The standard InChI is InChI=1S/C26H19N5O2/c32-22-14-17(23-11-6-12-33-23)13-21-19(22)15-27-25(29-21)31-26-28-20-10-5-4-9-18(20)24(30-26)16-7-2-1-3-8-16/h1-12,15,17H,13-14H2,(H,27,28,29,30,31)/t17-/m0/s1. The molecule has 33 heavy (non-hydrogen) atoms. The quantitative estimate of drug-likeness (QED) is 0.409. The maximum absolute atomic E-state index is 12.6. The van der Waals surface area contributed by atoms with E-state index in [9.17, 15) is 4.79 Å². The molecule has 6 rings (SSSR count). The van der Waals surface area contributed by atoms with Crippen LogP contribution in [0.15, 0.2) is 83.6 Å². The van der Waals surface area contributed by atoms with Crippen LogP contribution in [0.1, 0.15) is 34.2 Å². The predicted molar refractivity (Wildman–Crippen MR) is 124 cm³/mol. The van der Waals surface area contributed by atoms with Crippen LogP contribution in [0.25, 0.3) is 22.2 Å². The van der Waals surface area contributed by atoms with Gasteiger partial charge in [-0.3, -0.25) is 10.1 Å². The molecule has 1 atom stereocenters. The molecule has 3 heterocycles. The fraction of sp³-hybridized carbons (Fsp3) is 0.115. The summed E-state index contributed by atoms with van der Waals surface area (Å²) >= 11 is 0. The van der Waals surface area contributed by atoms with Gasteiger partial charge in [0, 0.05) is 35.9 Å². The molecule has 3 aromatic heterocycles. The van der Waals surface area contributed by atoms with E-state index >= 15 is 0 Å². The van der Waals surface area contributed by atoms with Crippen molar-refractivity contribution >= 4 is 28.6 Å². The zero-order chi connectivity index (χ0) is 22.2. The molecule has 0 saturated heterocycles. The molecule has 1 aliphatic rings. The van der Waals surface area contributed by atoms with Crippen LogP contribution in [0, 0.1) is 0 Å². The van der Waals surface area contributed by atoms with Gasteiger partial charge in [0.15, 0.2) is 5.78 Å². The number of hydrogen-bond donors (Lipinski definition) is 1. The Kier molecular flexibility index (Phi) is 4.65. The summed E-state index contributed by atoms with van der Waals surface area (Å²) < 4.78 is 5.53. The second-order valence-corrected chi connectivity index (χ2v) is 8.00. The van der Waals surface area contributed by atoms with Crippen molar-refractivity contribution in [2.45, 2.75) is 18.8 Å². The molecule has 0 unspecified atom stereocenters. The maximum Gasteiger partial charge on any atom is 0.230 e. The SMILES string of the molecule is O=C1C[C@@H](c2ccco2)Cc2nc(Nc3nc(-c4ccccc4)c4ccccc4n3)ncc21. The van der Waals surface area contributed by atoms with Gasteiger partial charge in [-0.25, -0.2) is 19.9 Å². The third kappa shape index (κ3) is 3.63. The van der Waals surface area contributed by atoms with E-state index in [4.69, 9.17) is 9.40 Å². The molecule has 0 saturated carbocycles. The fourth-order valence-electron chi connectivity index (χ4n) is 4.28. The van der Waals surface area contributed by atoms with E-state index in [-0.39, 0.29) is 11.7 Å². The van der Waals surface area contributed by atoms with Crippen LogP contribution in [0.4, 0.5) is 11.9 Å². The molecule has 5 aromatic rings. The smallest absolute Gasteiger partial charge is 0.230 e. The van der Waals surface area contributed by atoms with Crippen molar-refractivity contribution < 1.29 is 9.21 Å². The molecule has 1 N–H and O–H groups in total. The number of Topliss-reactive ketones (excluding diaryl/α,β-unsaturated/α-hetero) is 1. The number of carbonyl (C=O) groups is 1. The number of fused-ring (bicyclic) bond motifs is 2. The molecule has 1 aliphatic carbocycles. The second kappa shape index (κ2) is 7.94. The maximum atomic E-state index is 12.6. The molecule has 0 radical (unpaired) electrons. The molecule has 0 amide bonds. The number of rotatable bonds is 4. The first kappa shape index (κ1) is 19.3. The Balaban J connectivity index is 1.37. The number of benzene rings is 2. The van der Waals surface area contributed by atoms with Gasteiger partial charge < -0.3 is 4.42 Å². The number of nitrogens with one attached hydrogen (secondary N) is 1. The molecular weight excluding hydrogens is 414 g/mol. The Hall–Kier alpha value is -4.39. The van der Waals surface area contributed by atoms with E-state index in [2.05, 4.69) is 20.3 Å². The van der Waals surface area contributed by atoms with Gasteiger partial charge in [0.25, 0.3) is 0 Å². The number of aromatic nitrogens is 4. The van der Waals surface area contributed by atoms with Crippen LogP contribution in [-0.4, -0.2) is 25.7 Å². The van der Waals surface area contributed by atoms with E-state index in [1.54, 1.807) is 12.5 Å². The minimum Gasteiger partial charge on any atom is -0.469 e. The summed E-state index contributed by atoms with van der Waals surface area (Å²) in [6.45, 7) is 0. The summed E-state index contributed by atoms with van der Waals surface area (Å²) in [5.41, 5.74) is 3.91. The third-order valence-electron chi connectivity index (χ3n) is 5.86. The van der Waals surface area contributed by atoms with Crippen molar-refractivity contribution in [3.05, 3.63) is 96.2 Å². The molecule has 0 fully saturated rings. The van der Waals surface area contributed by atoms with E-state index < -0.39 is 0 Å². The van der Waals surface area contributed by atoms with Crippen LogP contribution in [0.3, 0.4) is 0 Å². The monoisotopic (exact) mass is 433 g/mol. The largest absolute Gasteiger partial charge is 0.469 e. The molecule has 0 bridgehead atoms. The summed E-state index contributed by atoms with van der Waals surface area (Å²) in [7, 11) is 0. The van der Waals surface area contributed by atoms with Crippen LogP contribution >= 0.6 is 0 Å². The first-order valence-electron chi connectivity index (χ1n) is 10.8. The number of anilines is 2. The van der Waals surface area contributed by atoms with E-state index in [0.717, 1.165) is 27.9 Å². The van der Waals surface area contributed by atoms with Crippen molar-refractivity contribution in [3.8, 4) is 11.3 Å². The average molecular weight is 433 g/mol. The first-order valence-corrected chi connectivity index (χ1v) is 10.8. The average Bonchev–Trinajstić information content (AvgIpc) is 3.39. The highest BCUT2D eigenvalue weighted by atomic mass is 16.3. The van der Waals surface area contributed by atoms with Crippen molar-refractivity contribution in [3.63, 3.8) is 0 Å². The van der Waals surface area contributed by atoms with Gasteiger partial charge in [-0.15, -0.1) is 0 Å². The van der Waals surface area contributed by atoms with Gasteiger partial charge in [0.1, 0.15) is 5.76 Å². The molecular formula is C26H19N5O2. The van der Waals surface area contributed by atoms with E-state index in [1.165, 1.54) is 0 Å². The van der Waals surface area contributed by atoms with Crippen molar-refractivity contribution in [1.82, 2.24) is 19.9 Å². The first-order chi connectivity index (χ1) is 16.2. The summed E-state index contributed by atoms with van der Waals surface area (Å²) in [6, 6.07) is 21.6. The Bertz CT molecular complexity index is 1470. The number of ketones is 1. The Morgan fingerprint density at radius 1 is 0.848 bits per heavy atom. The van der Waals surface area contributed by atoms with Gasteiger partial charge >= 0.3 is 0 Å². The topological polar surface area (TPSA) is 93.8 Å². The normalized spacial score (nSPS) is 15.4. The minimum atomic E-state index is -0.0237. The summed E-state index contributed by atoms with van der Waals surface area (Å²) in [5, 5.41) is 4.11. The number of nitrogens with zero attached hydrogens (tertiary/aromatic N) is 4. The fourth-order valence-corrected chi connectivity index (χ4v) is 4.28. The van der Waals surface area contributed by atoms with Gasteiger partial charge in [-0.05, 0) is 18.2 Å². The third-order valence-corrected chi connectivity index (χ3v) is 5.86. The molecule has 7 nitrogen and oxygen atoms in total. The summed E-state index contributed by atoms with van der Waals surface area (Å²) in [6.07, 6.45) is 4.22. The molecule has 0 aliphatic heterocycles. The highest BCUT2D eigenvalue weighted by molar-refractivity contribution is 5.98. The Morgan fingerprint density at radius 2 is 1.70 bits per heavy atom. The van der Waals surface area contributed by atoms with E-state index in [1.807, 2.05) is 66.7 Å². The number of hydrogen-bond acceptors (Lipinski definition) is 7. The van der Waals surface area contributed by atoms with Gasteiger partial charge in [0.2, 0.25) is 11.9 Å². The zero-order valence-corrected chi connectivity index (χ0v) is 17.6. The Morgan fingerprint density at radius 3 is 2.55 bits per heavy atom. The lowest BCUT2D eigenvalue weighted by Crippen LogP contribution is -2.21. The van der Waals surface area contributed by atoms with Crippen molar-refractivity contribution in [2.75, 3.05) is 5.32 Å². The lowest BCUT2D eigenvalue weighted by atomic mass is 9.85. The number of carbonyl (C=O) groups excluding carboxylic acids is 1. The van der Waals surface area contributed by atoms with Gasteiger partial charge in [0.05, 0.1) is 28.7 Å².